The van der Waals surface area contributed by atoms with Crippen LogP contribution in [0, 0.1) is 0 Å². The molecule has 4 aliphatic rings. The van der Waals surface area contributed by atoms with Gasteiger partial charge in [-0.25, -0.2) is 9.59 Å². The fraction of sp³-hybridized carbons (Fsp3) is 0.625. The molecular weight excluding hydrogens is 548 g/mol. The Balaban J connectivity index is 0.000000165. The Morgan fingerprint density at radius 1 is 0.951 bits per heavy atom. The highest BCUT2D eigenvalue weighted by molar-refractivity contribution is 5.94. The minimum Gasteiger partial charge on any atom is -0.462 e. The molecule has 4 aliphatic heterocycles. The average Bonchev–Trinajstić information content (AvgIpc) is 3.71. The van der Waals surface area contributed by atoms with Gasteiger partial charge in [0, 0.05) is 25.2 Å². The molecule has 4 bridgehead atoms. The van der Waals surface area contributed by atoms with Gasteiger partial charge in [0.25, 0.3) is 0 Å². The summed E-state index contributed by atoms with van der Waals surface area (Å²) in [6, 6.07) is -0.809. The first-order valence-electron chi connectivity index (χ1n) is 13.1. The van der Waals surface area contributed by atoms with E-state index in [0.29, 0.717) is 6.61 Å². The average molecular weight is 581 g/mol. The molecule has 0 unspecified atom stereocenters. The zero-order chi connectivity index (χ0) is 29.5. The van der Waals surface area contributed by atoms with Gasteiger partial charge in [-0.1, -0.05) is 0 Å². The Bertz CT molecular complexity index is 1310. The van der Waals surface area contributed by atoms with Crippen LogP contribution in [0.15, 0.2) is 12.4 Å². The number of esters is 2. The Morgan fingerprint density at radius 2 is 1.49 bits per heavy atom. The molecule has 4 fully saturated rings. The lowest BCUT2D eigenvalue weighted by atomic mass is 9.99. The fourth-order valence-electron chi connectivity index (χ4n) is 5.03. The number of carbonyl (C=O) groups excluding carboxylic acids is 3. The first-order chi connectivity index (χ1) is 19.5. The first-order valence-corrected chi connectivity index (χ1v) is 13.1. The number of aromatic nitrogens is 4. The van der Waals surface area contributed by atoms with Crippen LogP contribution in [0.1, 0.15) is 59.5 Å². The summed E-state index contributed by atoms with van der Waals surface area (Å²) in [6.07, 6.45) is 0.682. The Hall–Kier alpha value is -3.61. The lowest BCUT2D eigenvalue weighted by Gasteiger charge is -2.36. The maximum atomic E-state index is 11.7. The van der Waals surface area contributed by atoms with E-state index in [0.717, 1.165) is 0 Å². The summed E-state index contributed by atoms with van der Waals surface area (Å²) in [5, 5.41) is 28.0. The molecule has 0 amide bonds. The van der Waals surface area contributed by atoms with Crippen molar-refractivity contribution >= 4 is 29.4 Å². The van der Waals surface area contributed by atoms with Crippen molar-refractivity contribution < 1.29 is 53.0 Å². The molecule has 0 aliphatic carbocycles. The number of anilines is 2. The molecular formula is C24H32N6O11. The minimum absolute atomic E-state index is 0.0240. The number of ketones is 1. The number of hydrogen-bond acceptors (Lipinski definition) is 15. The fourth-order valence-corrected chi connectivity index (χ4v) is 5.03. The SMILES string of the molecule is CCOC(=O)c1cn([C@H]2CC(=O)[C@@H]3OC[C@H]2O3)nc1N.CCOC(=O)c1cn([C@H]2CC(O)(O)[C@@H]3OC[C@H]2O3)nc1N. The number of nitrogens with zero attached hydrogens (tertiary/aromatic N) is 4. The zero-order valence-corrected chi connectivity index (χ0v) is 22.4. The molecule has 0 aromatic carbocycles. The van der Waals surface area contributed by atoms with Crippen LogP contribution >= 0.6 is 0 Å². The van der Waals surface area contributed by atoms with E-state index < -0.39 is 36.3 Å². The number of ether oxygens (including phenoxy) is 6. The van der Waals surface area contributed by atoms with Crippen LogP contribution in [0.25, 0.3) is 0 Å². The highest BCUT2D eigenvalue weighted by Gasteiger charge is 2.53. The third kappa shape index (κ3) is 5.64. The third-order valence-electron chi connectivity index (χ3n) is 7.03. The molecule has 0 spiro atoms. The molecule has 6 atom stereocenters. The molecule has 4 saturated heterocycles. The van der Waals surface area contributed by atoms with Crippen molar-refractivity contribution in [2.45, 2.75) is 69.3 Å². The molecule has 17 heteroatoms. The van der Waals surface area contributed by atoms with E-state index in [1.165, 1.54) is 21.8 Å². The Morgan fingerprint density at radius 3 is 2.07 bits per heavy atom. The molecule has 41 heavy (non-hydrogen) atoms. The van der Waals surface area contributed by atoms with Crippen LogP contribution in [0.2, 0.25) is 0 Å². The van der Waals surface area contributed by atoms with E-state index in [1.54, 1.807) is 13.8 Å². The molecule has 2 aromatic heterocycles. The number of carbonyl (C=O) groups is 3. The molecule has 6 rings (SSSR count). The standard InChI is InChI=1S/C12H17N3O6.C12H15N3O5/c1-2-19-10(16)6-4-15(14-9(6)13)7-3-12(17,18)11-20-5-8(7)21-11;1-2-18-11(17)6-4-15(14-10(6)13)7-3-8(16)12-19-5-9(7)20-12/h4,7-8,11,17-18H,2-3,5H2,1H3,(H2,13,14);4,7,9,12H,2-3,5H2,1H3,(H2,13,14)/t7-,8+,11+;7-,9+,12+/m00/s1. The summed E-state index contributed by atoms with van der Waals surface area (Å²) in [7, 11) is 0. The van der Waals surface area contributed by atoms with Gasteiger partial charge >= 0.3 is 11.9 Å². The van der Waals surface area contributed by atoms with Gasteiger partial charge in [-0.3, -0.25) is 14.2 Å². The van der Waals surface area contributed by atoms with Gasteiger partial charge in [0.05, 0.1) is 38.5 Å². The van der Waals surface area contributed by atoms with E-state index >= 15 is 0 Å². The van der Waals surface area contributed by atoms with E-state index in [2.05, 4.69) is 10.2 Å². The van der Waals surface area contributed by atoms with Crippen LogP contribution in [0.5, 0.6) is 0 Å². The van der Waals surface area contributed by atoms with Crippen molar-refractivity contribution in [3.63, 3.8) is 0 Å². The Kier molecular flexibility index (Phi) is 8.00. The third-order valence-corrected chi connectivity index (χ3v) is 7.03. The van der Waals surface area contributed by atoms with Crippen molar-refractivity contribution in [2.75, 3.05) is 37.9 Å². The van der Waals surface area contributed by atoms with Gasteiger partial charge in [0.15, 0.2) is 17.4 Å². The Labute approximate surface area is 233 Å². The molecule has 17 nitrogen and oxygen atoms in total. The molecule has 224 valence electrons. The number of fused-ring (bicyclic) bond motifs is 4. The smallest absolute Gasteiger partial charge is 0.343 e. The second kappa shape index (κ2) is 11.3. The van der Waals surface area contributed by atoms with E-state index in [1.807, 2.05) is 0 Å². The van der Waals surface area contributed by atoms with Crippen molar-refractivity contribution in [1.82, 2.24) is 19.6 Å². The zero-order valence-electron chi connectivity index (χ0n) is 22.4. The number of rotatable bonds is 6. The van der Waals surface area contributed by atoms with E-state index in [-0.39, 0.29) is 79.5 Å². The number of Topliss-reactive ketones (excluding diaryl/α,β-unsaturated/α-hetero) is 1. The summed E-state index contributed by atoms with van der Waals surface area (Å²) in [4.78, 5) is 35.2. The number of nitrogen functional groups attached to an aromatic ring is 2. The summed E-state index contributed by atoms with van der Waals surface area (Å²) >= 11 is 0. The summed E-state index contributed by atoms with van der Waals surface area (Å²) < 4.78 is 33.9. The normalized spacial score (nSPS) is 29.5. The van der Waals surface area contributed by atoms with Crippen molar-refractivity contribution in [3.05, 3.63) is 23.5 Å². The monoisotopic (exact) mass is 580 g/mol. The number of aliphatic hydroxyl groups is 2. The lowest BCUT2D eigenvalue weighted by molar-refractivity contribution is -0.315. The van der Waals surface area contributed by atoms with Crippen molar-refractivity contribution in [3.8, 4) is 0 Å². The molecule has 6 heterocycles. The van der Waals surface area contributed by atoms with Gasteiger partial charge in [0.2, 0.25) is 18.4 Å². The van der Waals surface area contributed by atoms with Crippen LogP contribution < -0.4 is 11.5 Å². The maximum absolute atomic E-state index is 11.7. The predicted molar refractivity (Wildman–Crippen MR) is 134 cm³/mol. The predicted octanol–water partition coefficient (Wildman–Crippen LogP) is -1.09. The molecule has 2 aromatic rings. The number of nitrogens with two attached hydrogens (primary N) is 2. The van der Waals surface area contributed by atoms with Gasteiger partial charge in [-0.2, -0.15) is 10.2 Å². The highest BCUT2D eigenvalue weighted by atomic mass is 16.8. The van der Waals surface area contributed by atoms with Gasteiger partial charge in [-0.15, -0.1) is 0 Å². The van der Waals surface area contributed by atoms with E-state index in [4.69, 9.17) is 39.9 Å². The van der Waals surface area contributed by atoms with Gasteiger partial charge in [0.1, 0.15) is 23.3 Å². The largest absolute Gasteiger partial charge is 0.462 e. The quantitative estimate of drug-likeness (QED) is 0.235. The highest BCUT2D eigenvalue weighted by Crippen LogP contribution is 2.40. The minimum atomic E-state index is -2.11. The number of hydrogen-bond donors (Lipinski definition) is 4. The maximum Gasteiger partial charge on any atom is 0.343 e. The van der Waals surface area contributed by atoms with Crippen LogP contribution in [-0.4, -0.2) is 104 Å². The summed E-state index contributed by atoms with van der Waals surface area (Å²) in [6.45, 7) is 4.43. The van der Waals surface area contributed by atoms with Crippen LogP contribution in [0.4, 0.5) is 11.6 Å². The van der Waals surface area contributed by atoms with Crippen molar-refractivity contribution in [1.29, 1.82) is 0 Å². The topological polar surface area (TPSA) is 235 Å². The summed E-state index contributed by atoms with van der Waals surface area (Å²) in [5.74, 6) is -3.23. The summed E-state index contributed by atoms with van der Waals surface area (Å²) in [5.41, 5.74) is 11.8. The van der Waals surface area contributed by atoms with Crippen LogP contribution in [0.3, 0.4) is 0 Å². The second-order valence-electron chi connectivity index (χ2n) is 9.82. The van der Waals surface area contributed by atoms with E-state index in [9.17, 15) is 24.6 Å². The molecule has 0 radical (unpaired) electrons. The van der Waals surface area contributed by atoms with Crippen molar-refractivity contribution in [2.24, 2.45) is 0 Å². The first kappa shape index (κ1) is 28.9. The second-order valence-corrected chi connectivity index (χ2v) is 9.82. The molecule has 6 N–H and O–H groups in total. The van der Waals surface area contributed by atoms with Gasteiger partial charge in [-0.05, 0) is 13.8 Å². The molecule has 0 saturated carbocycles. The lowest BCUT2D eigenvalue weighted by Crippen LogP contribution is -2.50. The van der Waals surface area contributed by atoms with Crippen LogP contribution in [-0.2, 0) is 33.2 Å². The van der Waals surface area contributed by atoms with Gasteiger partial charge < -0.3 is 50.1 Å².